The van der Waals surface area contributed by atoms with Crippen molar-refractivity contribution in [3.05, 3.63) is 57.6 Å². The van der Waals surface area contributed by atoms with Crippen molar-refractivity contribution in [3.8, 4) is 6.07 Å². The summed E-state index contributed by atoms with van der Waals surface area (Å²) in [6.45, 7) is 0. The van der Waals surface area contributed by atoms with Gasteiger partial charge in [0.05, 0.1) is 10.6 Å². The number of benzene rings is 2. The van der Waals surface area contributed by atoms with E-state index in [1.54, 1.807) is 18.2 Å². The van der Waals surface area contributed by atoms with E-state index in [1.165, 1.54) is 18.2 Å². The lowest BCUT2D eigenvalue weighted by atomic mass is 10.1. The molecular weight excluding hydrogens is 297 g/mol. The Kier molecular flexibility index (Phi) is 4.14. The highest BCUT2D eigenvalue weighted by Gasteiger charge is 2.09. The molecule has 0 heterocycles. The minimum Gasteiger partial charge on any atom is -0.399 e. The second-order valence-corrected chi connectivity index (χ2v) is 4.88. The quantitative estimate of drug-likeness (QED) is 0.830. The van der Waals surface area contributed by atoms with Crippen molar-refractivity contribution in [1.29, 1.82) is 5.26 Å². The summed E-state index contributed by atoms with van der Waals surface area (Å²) in [4.78, 5) is 12.1. The van der Waals surface area contributed by atoms with Gasteiger partial charge in [0.2, 0.25) is 0 Å². The molecule has 0 saturated carbocycles. The molecule has 20 heavy (non-hydrogen) atoms. The van der Waals surface area contributed by atoms with Crippen LogP contribution in [0.4, 0.5) is 11.4 Å². The van der Waals surface area contributed by atoms with Gasteiger partial charge in [-0.1, -0.05) is 23.2 Å². The summed E-state index contributed by atoms with van der Waals surface area (Å²) in [5.41, 5.74) is 7.12. The van der Waals surface area contributed by atoms with Crippen molar-refractivity contribution in [2.24, 2.45) is 0 Å². The van der Waals surface area contributed by atoms with Gasteiger partial charge >= 0.3 is 0 Å². The number of carbonyl (C=O) groups excluding carboxylic acids is 1. The molecule has 0 spiro atoms. The van der Waals surface area contributed by atoms with Crippen molar-refractivity contribution < 1.29 is 4.79 Å². The van der Waals surface area contributed by atoms with Gasteiger partial charge in [0.15, 0.2) is 0 Å². The third-order valence-corrected chi connectivity index (χ3v) is 3.07. The molecule has 6 heteroatoms. The molecule has 0 fully saturated rings. The number of anilines is 2. The van der Waals surface area contributed by atoms with Crippen molar-refractivity contribution >= 4 is 40.5 Å². The largest absolute Gasteiger partial charge is 0.399 e. The molecule has 0 atom stereocenters. The lowest BCUT2D eigenvalue weighted by Gasteiger charge is -2.07. The van der Waals surface area contributed by atoms with Crippen LogP contribution < -0.4 is 11.1 Å². The predicted octanol–water partition coefficient (Wildman–Crippen LogP) is 3.70. The maximum Gasteiger partial charge on any atom is 0.255 e. The molecule has 0 aliphatic carbocycles. The SMILES string of the molecule is N#Cc1cc(NC(=O)c2cc(N)cc(Cl)c2)ccc1Cl. The van der Waals surface area contributed by atoms with Gasteiger partial charge in [0.1, 0.15) is 6.07 Å². The molecule has 2 rings (SSSR count). The zero-order valence-corrected chi connectivity index (χ0v) is 11.7. The molecule has 1 amide bonds. The van der Waals surface area contributed by atoms with Crippen LogP contribution in [0.3, 0.4) is 0 Å². The molecule has 0 aliphatic rings. The van der Waals surface area contributed by atoms with E-state index in [1.807, 2.05) is 6.07 Å². The average molecular weight is 306 g/mol. The van der Waals surface area contributed by atoms with Gasteiger partial charge in [-0.05, 0) is 36.4 Å². The minimum atomic E-state index is -0.370. The first-order valence-electron chi connectivity index (χ1n) is 5.56. The predicted molar refractivity (Wildman–Crippen MR) is 80.0 cm³/mol. The number of nitriles is 1. The van der Waals surface area contributed by atoms with E-state index in [2.05, 4.69) is 5.32 Å². The number of halogens is 2. The topological polar surface area (TPSA) is 78.9 Å². The van der Waals surface area contributed by atoms with Gasteiger partial charge in [0.25, 0.3) is 5.91 Å². The second kappa shape index (κ2) is 5.83. The first-order valence-corrected chi connectivity index (χ1v) is 6.32. The Balaban J connectivity index is 2.26. The molecule has 2 aromatic carbocycles. The van der Waals surface area contributed by atoms with E-state index in [-0.39, 0.29) is 11.5 Å². The molecular formula is C14H9Cl2N3O. The van der Waals surface area contributed by atoms with Crippen molar-refractivity contribution in [3.63, 3.8) is 0 Å². The number of nitrogen functional groups attached to an aromatic ring is 1. The van der Waals surface area contributed by atoms with Crippen LogP contribution in [0.2, 0.25) is 10.0 Å². The van der Waals surface area contributed by atoms with Gasteiger partial charge in [-0.15, -0.1) is 0 Å². The van der Waals surface area contributed by atoms with Gasteiger partial charge in [-0.2, -0.15) is 5.26 Å². The van der Waals surface area contributed by atoms with Crippen molar-refractivity contribution in [2.75, 3.05) is 11.1 Å². The molecule has 0 unspecified atom stereocenters. The van der Waals surface area contributed by atoms with E-state index in [0.717, 1.165) is 0 Å². The standard InChI is InChI=1S/C14H9Cl2N3O/c15-10-3-8(4-11(18)6-10)14(20)19-12-1-2-13(16)9(5-12)7-17/h1-6H,18H2,(H,19,20). The zero-order chi connectivity index (χ0) is 14.7. The number of carbonyl (C=O) groups is 1. The third-order valence-electron chi connectivity index (χ3n) is 2.53. The fourth-order valence-corrected chi connectivity index (χ4v) is 2.04. The molecule has 100 valence electrons. The number of hydrogen-bond acceptors (Lipinski definition) is 3. The number of nitrogens with zero attached hydrogens (tertiary/aromatic N) is 1. The molecule has 0 bridgehead atoms. The molecule has 0 aromatic heterocycles. The Morgan fingerprint density at radius 2 is 1.95 bits per heavy atom. The summed E-state index contributed by atoms with van der Waals surface area (Å²) in [6, 6.07) is 11.2. The van der Waals surface area contributed by atoms with Crippen LogP contribution in [-0.4, -0.2) is 5.91 Å². The lowest BCUT2D eigenvalue weighted by molar-refractivity contribution is 0.102. The van der Waals surface area contributed by atoms with E-state index >= 15 is 0 Å². The van der Waals surface area contributed by atoms with Crippen LogP contribution in [0, 0.1) is 11.3 Å². The maximum atomic E-state index is 12.1. The van der Waals surface area contributed by atoms with Crippen LogP contribution in [0.15, 0.2) is 36.4 Å². The highest BCUT2D eigenvalue weighted by molar-refractivity contribution is 6.32. The van der Waals surface area contributed by atoms with Crippen molar-refractivity contribution in [1.82, 2.24) is 0 Å². The fourth-order valence-electron chi connectivity index (χ4n) is 1.64. The number of rotatable bonds is 2. The number of nitrogens with two attached hydrogens (primary N) is 1. The van der Waals surface area contributed by atoms with Gasteiger partial charge in [-0.3, -0.25) is 4.79 Å². The number of amides is 1. The van der Waals surface area contributed by atoms with Gasteiger partial charge < -0.3 is 11.1 Å². The average Bonchev–Trinajstić information content (AvgIpc) is 2.39. The van der Waals surface area contributed by atoms with E-state index < -0.39 is 0 Å². The first kappa shape index (κ1) is 14.2. The highest BCUT2D eigenvalue weighted by Crippen LogP contribution is 2.21. The zero-order valence-electron chi connectivity index (χ0n) is 10.2. The van der Waals surface area contributed by atoms with Crippen molar-refractivity contribution in [2.45, 2.75) is 0 Å². The summed E-state index contributed by atoms with van der Waals surface area (Å²) in [5.74, 6) is -0.370. The van der Waals surface area contributed by atoms with Crippen LogP contribution in [0.25, 0.3) is 0 Å². The van der Waals surface area contributed by atoms with Gasteiger partial charge in [-0.25, -0.2) is 0 Å². The summed E-state index contributed by atoms with van der Waals surface area (Å²) < 4.78 is 0. The Labute approximate surface area is 125 Å². The Hall–Kier alpha value is -2.22. The van der Waals surface area contributed by atoms with E-state index in [0.29, 0.717) is 27.0 Å². The Morgan fingerprint density at radius 3 is 2.60 bits per heavy atom. The Morgan fingerprint density at radius 1 is 1.20 bits per heavy atom. The van der Waals surface area contributed by atoms with E-state index in [4.69, 9.17) is 34.2 Å². The van der Waals surface area contributed by atoms with E-state index in [9.17, 15) is 4.79 Å². The minimum absolute atomic E-state index is 0.287. The maximum absolute atomic E-state index is 12.1. The molecule has 3 N–H and O–H groups in total. The normalized spacial score (nSPS) is 9.85. The lowest BCUT2D eigenvalue weighted by Crippen LogP contribution is -2.12. The fraction of sp³-hybridized carbons (Fsp3) is 0. The summed E-state index contributed by atoms with van der Waals surface area (Å²) in [6.07, 6.45) is 0. The first-order chi connectivity index (χ1) is 9.49. The van der Waals surface area contributed by atoms with Gasteiger partial charge in [0, 0.05) is 22.0 Å². The summed E-state index contributed by atoms with van der Waals surface area (Å²) in [7, 11) is 0. The van der Waals surface area contributed by atoms with Crippen LogP contribution >= 0.6 is 23.2 Å². The van der Waals surface area contributed by atoms with Crippen LogP contribution in [0.5, 0.6) is 0 Å². The molecule has 4 nitrogen and oxygen atoms in total. The monoisotopic (exact) mass is 305 g/mol. The van der Waals surface area contributed by atoms with Crippen LogP contribution in [0.1, 0.15) is 15.9 Å². The summed E-state index contributed by atoms with van der Waals surface area (Å²) >= 11 is 11.7. The smallest absolute Gasteiger partial charge is 0.255 e. The third kappa shape index (κ3) is 3.21. The Bertz CT molecular complexity index is 703. The number of nitrogens with one attached hydrogen (secondary N) is 1. The molecule has 0 radical (unpaired) electrons. The molecule has 2 aromatic rings. The second-order valence-electron chi connectivity index (χ2n) is 4.03. The summed E-state index contributed by atoms with van der Waals surface area (Å²) in [5, 5.41) is 12.2. The number of hydrogen-bond donors (Lipinski definition) is 2. The molecule has 0 saturated heterocycles. The molecule has 0 aliphatic heterocycles. The van der Waals surface area contributed by atoms with Crippen LogP contribution in [-0.2, 0) is 0 Å². The highest BCUT2D eigenvalue weighted by atomic mass is 35.5.